The third kappa shape index (κ3) is 3.53. The van der Waals surface area contributed by atoms with E-state index in [4.69, 9.17) is 0 Å². The van der Waals surface area contributed by atoms with Gasteiger partial charge < -0.3 is 4.90 Å². The average Bonchev–Trinajstić information content (AvgIpc) is 2.94. The Hall–Kier alpha value is -1.75. The molecule has 3 rings (SSSR count). The molecule has 1 atom stereocenters. The molecule has 116 valence electrons. The molecule has 0 saturated carbocycles. The van der Waals surface area contributed by atoms with E-state index in [1.807, 2.05) is 17.3 Å². The third-order valence-electron chi connectivity index (χ3n) is 4.15. The van der Waals surface area contributed by atoms with Crippen LogP contribution in [0.2, 0.25) is 0 Å². The van der Waals surface area contributed by atoms with E-state index < -0.39 is 0 Å². The number of hydrogen-bond donors (Lipinski definition) is 0. The minimum absolute atomic E-state index is 0.193. The molecule has 0 aromatic carbocycles. The van der Waals surface area contributed by atoms with Gasteiger partial charge in [-0.2, -0.15) is 0 Å². The summed E-state index contributed by atoms with van der Waals surface area (Å²) in [6, 6.07) is 4.22. The minimum atomic E-state index is 0.193. The maximum atomic E-state index is 11.5. The first kappa shape index (κ1) is 15.2. The van der Waals surface area contributed by atoms with Crippen molar-refractivity contribution < 1.29 is 4.79 Å². The van der Waals surface area contributed by atoms with Crippen LogP contribution in [0.5, 0.6) is 0 Å². The average molecular weight is 315 g/mol. The fourth-order valence-corrected chi connectivity index (χ4v) is 3.77. The zero-order valence-corrected chi connectivity index (χ0v) is 13.9. The molecule has 0 spiro atoms. The summed E-state index contributed by atoms with van der Waals surface area (Å²) in [4.78, 5) is 23.6. The zero-order chi connectivity index (χ0) is 15.5. The van der Waals surface area contributed by atoms with Gasteiger partial charge in [-0.15, -0.1) is 11.3 Å². The number of nitrogens with zero attached hydrogens (tertiary/aromatic N) is 3. The summed E-state index contributed by atoms with van der Waals surface area (Å²) in [5.74, 6) is 0.740. The number of amides is 1. The van der Waals surface area contributed by atoms with E-state index in [9.17, 15) is 4.79 Å². The van der Waals surface area contributed by atoms with Crippen molar-refractivity contribution in [3.05, 3.63) is 35.0 Å². The van der Waals surface area contributed by atoms with Crippen LogP contribution in [0.4, 0.5) is 0 Å². The van der Waals surface area contributed by atoms with Crippen molar-refractivity contribution in [2.24, 2.45) is 5.92 Å². The quantitative estimate of drug-likeness (QED) is 0.873. The van der Waals surface area contributed by atoms with Gasteiger partial charge in [0.25, 0.3) is 0 Å². The van der Waals surface area contributed by atoms with Crippen molar-refractivity contribution >= 4 is 17.2 Å². The van der Waals surface area contributed by atoms with E-state index in [1.165, 1.54) is 16.9 Å². The van der Waals surface area contributed by atoms with Crippen LogP contribution in [0, 0.1) is 12.8 Å². The van der Waals surface area contributed by atoms with Crippen LogP contribution in [0.25, 0.3) is 10.7 Å². The smallest absolute Gasteiger partial charge is 0.219 e. The summed E-state index contributed by atoms with van der Waals surface area (Å²) < 4.78 is 0. The number of pyridine rings is 1. The van der Waals surface area contributed by atoms with Crippen LogP contribution in [0.15, 0.2) is 24.5 Å². The molecule has 0 bridgehead atoms. The maximum Gasteiger partial charge on any atom is 0.219 e. The van der Waals surface area contributed by atoms with Crippen molar-refractivity contribution in [3.63, 3.8) is 0 Å². The molecule has 4 nitrogen and oxygen atoms in total. The highest BCUT2D eigenvalue weighted by molar-refractivity contribution is 7.14. The second-order valence-electron chi connectivity index (χ2n) is 6.00. The molecule has 1 fully saturated rings. The normalized spacial score (nSPS) is 18.5. The molecular formula is C17H21N3OS. The van der Waals surface area contributed by atoms with E-state index in [0.29, 0.717) is 5.92 Å². The standard InChI is InChI=1S/C17H21N3OS/c1-12-10-19-17(22-12)16-9-14(5-6-18-16)8-15-4-3-7-20(11-15)13(2)21/h5-6,9-10,15H,3-4,7-8,11H2,1-2H3/t15-/m1/s1. The van der Waals surface area contributed by atoms with Gasteiger partial charge in [-0.05, 0) is 49.8 Å². The predicted octanol–water partition coefficient (Wildman–Crippen LogP) is 3.31. The van der Waals surface area contributed by atoms with Crippen molar-refractivity contribution in [1.29, 1.82) is 0 Å². The summed E-state index contributed by atoms with van der Waals surface area (Å²) in [6.07, 6.45) is 7.06. The van der Waals surface area contributed by atoms with E-state index in [0.717, 1.165) is 36.6 Å². The van der Waals surface area contributed by atoms with Gasteiger partial charge in [0.1, 0.15) is 5.01 Å². The first-order chi connectivity index (χ1) is 10.6. The fraction of sp³-hybridized carbons (Fsp3) is 0.471. The van der Waals surface area contributed by atoms with Crippen molar-refractivity contribution in [2.75, 3.05) is 13.1 Å². The van der Waals surface area contributed by atoms with Gasteiger partial charge in [0.05, 0.1) is 5.69 Å². The maximum absolute atomic E-state index is 11.5. The molecule has 1 amide bonds. The number of carbonyl (C=O) groups is 1. The number of aromatic nitrogens is 2. The highest BCUT2D eigenvalue weighted by Gasteiger charge is 2.21. The molecule has 2 aromatic heterocycles. The van der Waals surface area contributed by atoms with Crippen LogP contribution in [-0.2, 0) is 11.2 Å². The van der Waals surface area contributed by atoms with E-state index in [1.54, 1.807) is 18.3 Å². The largest absolute Gasteiger partial charge is 0.343 e. The first-order valence-electron chi connectivity index (χ1n) is 7.75. The topological polar surface area (TPSA) is 46.1 Å². The lowest BCUT2D eigenvalue weighted by atomic mass is 9.91. The number of thiazole rings is 1. The van der Waals surface area contributed by atoms with Gasteiger partial charge >= 0.3 is 0 Å². The first-order valence-corrected chi connectivity index (χ1v) is 8.56. The Morgan fingerprint density at radius 2 is 2.32 bits per heavy atom. The van der Waals surface area contributed by atoms with E-state index in [-0.39, 0.29) is 5.91 Å². The molecule has 0 aliphatic carbocycles. The molecule has 0 radical (unpaired) electrons. The molecule has 0 unspecified atom stereocenters. The summed E-state index contributed by atoms with van der Waals surface area (Å²) >= 11 is 1.67. The SMILES string of the molecule is CC(=O)N1CCC[C@H](Cc2ccnc(-c3ncc(C)s3)c2)C1. The van der Waals surface area contributed by atoms with Crippen LogP contribution >= 0.6 is 11.3 Å². The Morgan fingerprint density at radius 1 is 1.45 bits per heavy atom. The molecule has 2 aromatic rings. The number of rotatable bonds is 3. The summed E-state index contributed by atoms with van der Waals surface area (Å²) in [6.45, 7) is 5.51. The molecule has 1 aliphatic rings. The number of hydrogen-bond acceptors (Lipinski definition) is 4. The molecule has 5 heteroatoms. The summed E-state index contributed by atoms with van der Waals surface area (Å²) in [7, 11) is 0. The molecular weight excluding hydrogens is 294 g/mol. The lowest BCUT2D eigenvalue weighted by Crippen LogP contribution is -2.39. The van der Waals surface area contributed by atoms with Gasteiger partial charge in [0, 0.05) is 37.3 Å². The number of carbonyl (C=O) groups excluding carboxylic acids is 1. The summed E-state index contributed by atoms with van der Waals surface area (Å²) in [5, 5.41) is 0.980. The Balaban J connectivity index is 1.71. The Bertz CT molecular complexity index is 667. The minimum Gasteiger partial charge on any atom is -0.343 e. The highest BCUT2D eigenvalue weighted by Crippen LogP contribution is 2.26. The van der Waals surface area contributed by atoms with Gasteiger partial charge in [-0.3, -0.25) is 9.78 Å². The monoisotopic (exact) mass is 315 g/mol. The van der Waals surface area contributed by atoms with Crippen molar-refractivity contribution in [1.82, 2.24) is 14.9 Å². The second-order valence-corrected chi connectivity index (χ2v) is 7.24. The third-order valence-corrected chi connectivity index (χ3v) is 5.09. The van der Waals surface area contributed by atoms with Crippen LogP contribution in [0.1, 0.15) is 30.2 Å². The van der Waals surface area contributed by atoms with E-state index in [2.05, 4.69) is 29.0 Å². The van der Waals surface area contributed by atoms with Crippen molar-refractivity contribution in [3.8, 4) is 10.7 Å². The molecule has 22 heavy (non-hydrogen) atoms. The Kier molecular flexibility index (Phi) is 4.52. The predicted molar refractivity (Wildman–Crippen MR) is 88.8 cm³/mol. The van der Waals surface area contributed by atoms with Crippen LogP contribution in [0.3, 0.4) is 0 Å². The molecule has 1 aliphatic heterocycles. The molecule has 3 heterocycles. The van der Waals surface area contributed by atoms with E-state index >= 15 is 0 Å². The summed E-state index contributed by atoms with van der Waals surface area (Å²) in [5.41, 5.74) is 2.24. The van der Waals surface area contributed by atoms with Crippen LogP contribution < -0.4 is 0 Å². The lowest BCUT2D eigenvalue weighted by molar-refractivity contribution is -0.130. The van der Waals surface area contributed by atoms with Gasteiger partial charge in [-0.25, -0.2) is 4.98 Å². The van der Waals surface area contributed by atoms with Gasteiger partial charge in [-0.1, -0.05) is 0 Å². The molecule has 1 saturated heterocycles. The van der Waals surface area contributed by atoms with Gasteiger partial charge in [0.2, 0.25) is 5.91 Å². The number of aryl methyl sites for hydroxylation is 1. The van der Waals surface area contributed by atoms with Crippen molar-refractivity contribution in [2.45, 2.75) is 33.1 Å². The number of likely N-dealkylation sites (tertiary alicyclic amines) is 1. The van der Waals surface area contributed by atoms with Gasteiger partial charge in [0.15, 0.2) is 0 Å². The lowest BCUT2D eigenvalue weighted by Gasteiger charge is -2.32. The van der Waals surface area contributed by atoms with Crippen LogP contribution in [-0.4, -0.2) is 33.9 Å². The highest BCUT2D eigenvalue weighted by atomic mass is 32.1. The Morgan fingerprint density at radius 3 is 3.05 bits per heavy atom. The Labute approximate surface area is 135 Å². The number of piperidine rings is 1. The second kappa shape index (κ2) is 6.57. The zero-order valence-electron chi connectivity index (χ0n) is 13.1. The fourth-order valence-electron chi connectivity index (χ4n) is 3.04. The molecule has 0 N–H and O–H groups in total.